The molecule has 5 aliphatic heterocycles. The molecule has 16 nitrogen and oxygen atoms in total. The summed E-state index contributed by atoms with van der Waals surface area (Å²) in [5.74, 6) is -5.69. The summed E-state index contributed by atoms with van der Waals surface area (Å²) < 4.78 is 73.3. The van der Waals surface area contributed by atoms with Crippen LogP contribution in [0.15, 0.2) is 73.1 Å². The molecule has 68 heavy (non-hydrogen) atoms. The van der Waals surface area contributed by atoms with Crippen molar-refractivity contribution in [3.8, 4) is 11.1 Å². The van der Waals surface area contributed by atoms with Gasteiger partial charge in [-0.2, -0.15) is 12.7 Å². The Bertz CT molecular complexity index is 3000. The highest BCUT2D eigenvalue weighted by Crippen LogP contribution is 2.35. The number of aromatic amines is 1. The third-order valence-electron chi connectivity index (χ3n) is 14.0. The maximum atomic E-state index is 15.8. The predicted octanol–water partition coefficient (Wildman–Crippen LogP) is 5.41. The lowest BCUT2D eigenvalue weighted by molar-refractivity contribution is -0.136. The third kappa shape index (κ3) is 8.06. The van der Waals surface area contributed by atoms with Crippen molar-refractivity contribution in [2.45, 2.75) is 76.3 Å². The Balaban J connectivity index is 0.780. The number of nitrogens with zero attached hydrogens (tertiary/aromatic N) is 6. The fourth-order valence-electron chi connectivity index (χ4n) is 10.6. The molecule has 0 spiro atoms. The van der Waals surface area contributed by atoms with E-state index in [1.807, 2.05) is 35.1 Å². The van der Waals surface area contributed by atoms with E-state index in [1.165, 1.54) is 6.20 Å². The van der Waals surface area contributed by atoms with E-state index < -0.39 is 81.3 Å². The minimum Gasteiger partial charge on any atom is -0.371 e. The van der Waals surface area contributed by atoms with E-state index in [9.17, 15) is 36.8 Å². The number of anilines is 3. The molecule has 4 saturated heterocycles. The molecule has 0 aliphatic carbocycles. The van der Waals surface area contributed by atoms with Crippen molar-refractivity contribution in [1.29, 1.82) is 0 Å². The molecule has 0 bridgehead atoms. The topological polar surface area (TPSA) is 188 Å². The van der Waals surface area contributed by atoms with E-state index in [0.29, 0.717) is 22.6 Å². The largest absolute Gasteiger partial charge is 0.371 e. The van der Waals surface area contributed by atoms with Crippen LogP contribution in [0.3, 0.4) is 0 Å². The molecule has 3 aromatic carbocycles. The first-order valence-corrected chi connectivity index (χ1v) is 24.2. The normalized spacial score (nSPS) is 23.2. The number of piperidine rings is 2. The Morgan fingerprint density at radius 2 is 1.51 bits per heavy atom. The van der Waals surface area contributed by atoms with Crippen LogP contribution in [-0.2, 0) is 19.8 Å². The molecule has 3 N–H and O–H groups in total. The first-order valence-electron chi connectivity index (χ1n) is 22.7. The number of carbonyl (C=O) groups is 5. The Kier molecular flexibility index (Phi) is 11.6. The van der Waals surface area contributed by atoms with Crippen molar-refractivity contribution < 1.29 is 45.6 Å². The number of H-pyrrole nitrogens is 1. The Morgan fingerprint density at radius 3 is 2.21 bits per heavy atom. The van der Waals surface area contributed by atoms with Gasteiger partial charge in [-0.1, -0.05) is 12.1 Å². The summed E-state index contributed by atoms with van der Waals surface area (Å²) in [6.45, 7) is 7.14. The summed E-state index contributed by atoms with van der Waals surface area (Å²) in [6.07, 6.45) is 3.56. The van der Waals surface area contributed by atoms with Gasteiger partial charge >= 0.3 is 10.2 Å². The first-order chi connectivity index (χ1) is 32.6. The highest BCUT2D eigenvalue weighted by atomic mass is 32.2. The molecule has 4 atom stereocenters. The van der Waals surface area contributed by atoms with E-state index >= 15 is 8.78 Å². The summed E-state index contributed by atoms with van der Waals surface area (Å²) in [5, 5.41) is 2.55. The van der Waals surface area contributed by atoms with E-state index in [-0.39, 0.29) is 54.6 Å². The molecule has 4 amide bonds. The number of fused-ring (bicyclic) bond motifs is 2. The minimum absolute atomic E-state index is 0.00566. The third-order valence-corrected chi connectivity index (χ3v) is 15.5. The van der Waals surface area contributed by atoms with Gasteiger partial charge in [0.2, 0.25) is 17.6 Å². The summed E-state index contributed by atoms with van der Waals surface area (Å²) in [7, 11) is -4.37. The number of halogens is 3. The second-order valence-electron chi connectivity index (χ2n) is 18.3. The Hall–Kier alpha value is -6.64. The zero-order valence-corrected chi connectivity index (χ0v) is 38.0. The SMILES string of the molecule is C[C@@H]1CN(C2CCN(c3ccc4c(c3)C(=O)N(C3CCC(=O)NC3=O)C4=O)CC2)C[C@H](C)N1c1ccc(-c2cnc3[nH]cc(C(=O)c4c(F)ccc(NS(=O)(=O)N5CC[C@@H](F)C5)c4F)c3c2)cc1. The van der Waals surface area contributed by atoms with E-state index in [0.717, 1.165) is 77.3 Å². The second kappa shape index (κ2) is 17.5. The smallest absolute Gasteiger partial charge is 0.301 e. The van der Waals surface area contributed by atoms with Crippen LogP contribution in [0.4, 0.5) is 30.2 Å². The highest BCUT2D eigenvalue weighted by Gasteiger charge is 2.45. The van der Waals surface area contributed by atoms with Crippen molar-refractivity contribution in [1.82, 2.24) is 29.4 Å². The highest BCUT2D eigenvalue weighted by molar-refractivity contribution is 7.90. The molecule has 354 valence electrons. The van der Waals surface area contributed by atoms with Gasteiger partial charge in [-0.25, -0.2) is 18.2 Å². The fourth-order valence-corrected chi connectivity index (χ4v) is 11.8. The molecule has 2 aromatic heterocycles. The summed E-state index contributed by atoms with van der Waals surface area (Å²) >= 11 is 0. The molecule has 20 heteroatoms. The number of amides is 4. The van der Waals surface area contributed by atoms with Crippen molar-refractivity contribution >= 4 is 67.7 Å². The van der Waals surface area contributed by atoms with Crippen LogP contribution in [0.25, 0.3) is 22.2 Å². The average Bonchev–Trinajstić information content (AvgIpc) is 4.03. The van der Waals surface area contributed by atoms with E-state index in [2.05, 4.69) is 43.8 Å². The number of aromatic nitrogens is 2. The number of piperazine rings is 1. The van der Waals surface area contributed by atoms with Gasteiger partial charge in [-0.3, -0.25) is 43.8 Å². The molecule has 1 unspecified atom stereocenters. The van der Waals surface area contributed by atoms with Crippen molar-refractivity contribution in [3.05, 3.63) is 107 Å². The van der Waals surface area contributed by atoms with E-state index in [4.69, 9.17) is 0 Å². The van der Waals surface area contributed by atoms with Crippen LogP contribution in [0.5, 0.6) is 0 Å². The summed E-state index contributed by atoms with van der Waals surface area (Å²) in [6, 6.07) is 16.3. The number of imide groups is 2. The lowest BCUT2D eigenvalue weighted by Crippen LogP contribution is -2.60. The molecule has 7 heterocycles. The number of hydrogen-bond acceptors (Lipinski definition) is 11. The molecular weight excluding hydrogens is 904 g/mol. The predicted molar refractivity (Wildman–Crippen MR) is 246 cm³/mol. The van der Waals surface area contributed by atoms with Crippen LogP contribution in [0, 0.1) is 11.6 Å². The lowest BCUT2D eigenvalue weighted by atomic mass is 9.97. The lowest BCUT2D eigenvalue weighted by Gasteiger charge is -2.50. The zero-order valence-electron chi connectivity index (χ0n) is 37.2. The van der Waals surface area contributed by atoms with Gasteiger partial charge in [-0.05, 0) is 93.6 Å². The number of benzene rings is 3. The van der Waals surface area contributed by atoms with Crippen LogP contribution in [0.1, 0.15) is 82.6 Å². The Labute approximate surface area is 389 Å². The van der Waals surface area contributed by atoms with Crippen LogP contribution >= 0.6 is 0 Å². The number of ketones is 1. The van der Waals surface area contributed by atoms with Crippen LogP contribution in [0.2, 0.25) is 0 Å². The van der Waals surface area contributed by atoms with Gasteiger partial charge in [0.05, 0.1) is 22.4 Å². The monoisotopic (exact) mass is 951 g/mol. The standard InChI is InChI=1S/C48H48F3N9O7S/c1-26-23-57(31-14-16-56(17-15-31)33-7-8-34-36(20-33)48(65)60(47(34)64)40-11-12-41(61)54-46(40)63)24-27(2)59(26)32-5-3-28(4-6-32)29-19-35-37(22-53-45(35)52-21-29)44(62)42-38(50)9-10-39(43(42)51)55-68(66,67)58-18-13-30(49)25-58/h3-10,19-22,26-27,30-31,40,55H,11-18,23-25H2,1-2H3,(H,52,53)(H,54,61,63)/t26-,27+,30-,40?/m1/s1. The van der Waals surface area contributed by atoms with Gasteiger partial charge in [0.25, 0.3) is 11.8 Å². The van der Waals surface area contributed by atoms with Gasteiger partial charge in [0.15, 0.2) is 5.82 Å². The van der Waals surface area contributed by atoms with Crippen LogP contribution in [-0.4, -0.2) is 132 Å². The molecule has 10 rings (SSSR count). The Morgan fingerprint density at radius 1 is 0.809 bits per heavy atom. The van der Waals surface area contributed by atoms with Crippen LogP contribution < -0.4 is 19.8 Å². The molecule has 4 fully saturated rings. The fraction of sp³-hybridized carbons (Fsp3) is 0.375. The number of hydrogen-bond donors (Lipinski definition) is 3. The van der Waals surface area contributed by atoms with Gasteiger partial charge < -0.3 is 14.8 Å². The number of pyridine rings is 1. The number of alkyl halides is 1. The van der Waals surface area contributed by atoms with Crippen molar-refractivity contribution in [2.24, 2.45) is 0 Å². The number of rotatable bonds is 10. The first kappa shape index (κ1) is 45.2. The van der Waals surface area contributed by atoms with Crippen molar-refractivity contribution in [3.63, 3.8) is 0 Å². The van der Waals surface area contributed by atoms with Gasteiger partial charge in [0.1, 0.15) is 23.7 Å². The van der Waals surface area contributed by atoms with Crippen molar-refractivity contribution in [2.75, 3.05) is 53.8 Å². The molecule has 0 radical (unpaired) electrons. The van der Waals surface area contributed by atoms with Gasteiger partial charge in [-0.15, -0.1) is 0 Å². The molecule has 5 aliphatic rings. The number of nitrogens with one attached hydrogen (secondary N) is 3. The summed E-state index contributed by atoms with van der Waals surface area (Å²) in [4.78, 5) is 80.2. The summed E-state index contributed by atoms with van der Waals surface area (Å²) in [5.41, 5.74) is 2.52. The maximum Gasteiger partial charge on any atom is 0.301 e. The quantitative estimate of drug-likeness (QED) is 0.120. The minimum atomic E-state index is -4.37. The van der Waals surface area contributed by atoms with Gasteiger partial charge in [0, 0.05) is 104 Å². The maximum absolute atomic E-state index is 15.8. The second-order valence-corrected chi connectivity index (χ2v) is 20.0. The number of carbonyl (C=O) groups excluding carboxylic acids is 5. The molecule has 0 saturated carbocycles. The van der Waals surface area contributed by atoms with E-state index in [1.54, 1.807) is 24.4 Å². The average molecular weight is 952 g/mol. The zero-order chi connectivity index (χ0) is 47.8. The molecular formula is C48H48F3N9O7S. The molecule has 5 aromatic rings.